The second kappa shape index (κ2) is 7.69. The van der Waals surface area contributed by atoms with Gasteiger partial charge in [0.05, 0.1) is 4.92 Å². The normalized spacial score (nSPS) is 20.1. The van der Waals surface area contributed by atoms with Crippen molar-refractivity contribution < 1.29 is 9.72 Å². The summed E-state index contributed by atoms with van der Waals surface area (Å²) in [5.74, 6) is 0.195. The van der Waals surface area contributed by atoms with E-state index in [9.17, 15) is 14.9 Å². The molecular weight excluding hydrogens is 356 g/mol. The van der Waals surface area contributed by atoms with Crippen LogP contribution in [0.15, 0.2) is 42.5 Å². The Balaban J connectivity index is 1.51. The molecule has 0 aromatic heterocycles. The van der Waals surface area contributed by atoms with Gasteiger partial charge in [0.1, 0.15) is 6.04 Å². The van der Waals surface area contributed by atoms with Gasteiger partial charge in [-0.15, -0.1) is 0 Å². The number of non-ortho nitro benzene ring substituents is 1. The molecule has 146 valence electrons. The van der Waals surface area contributed by atoms with Gasteiger partial charge in [-0.2, -0.15) is 0 Å². The Morgan fingerprint density at radius 3 is 2.75 bits per heavy atom. The lowest BCUT2D eigenvalue weighted by molar-refractivity contribution is -0.384. The molecule has 2 saturated heterocycles. The number of nitro groups is 1. The highest BCUT2D eigenvalue weighted by atomic mass is 16.6. The Morgan fingerprint density at radius 2 is 1.96 bits per heavy atom. The highest BCUT2D eigenvalue weighted by molar-refractivity contribution is 5.83. The van der Waals surface area contributed by atoms with Crippen LogP contribution in [0.5, 0.6) is 0 Å². The van der Waals surface area contributed by atoms with Gasteiger partial charge in [-0.3, -0.25) is 19.8 Å². The predicted molar refractivity (Wildman–Crippen MR) is 107 cm³/mol. The second-order valence-corrected chi connectivity index (χ2v) is 7.46. The zero-order valence-corrected chi connectivity index (χ0v) is 15.9. The van der Waals surface area contributed by atoms with E-state index in [0.29, 0.717) is 6.54 Å². The molecule has 28 heavy (non-hydrogen) atoms. The zero-order valence-electron chi connectivity index (χ0n) is 15.9. The maximum absolute atomic E-state index is 12.8. The fourth-order valence-corrected chi connectivity index (χ4v) is 4.04. The van der Waals surface area contributed by atoms with Crippen LogP contribution in [0.3, 0.4) is 0 Å². The summed E-state index contributed by atoms with van der Waals surface area (Å²) in [6.45, 7) is 6.90. The van der Waals surface area contributed by atoms with Gasteiger partial charge in [-0.1, -0.05) is 30.3 Å². The van der Waals surface area contributed by atoms with Gasteiger partial charge in [-0.25, -0.2) is 0 Å². The number of nitrogens with one attached hydrogen (secondary N) is 1. The van der Waals surface area contributed by atoms with Crippen LogP contribution in [-0.4, -0.2) is 59.4 Å². The van der Waals surface area contributed by atoms with E-state index in [-0.39, 0.29) is 22.6 Å². The predicted octanol–water partition coefficient (Wildman–Crippen LogP) is 2.19. The van der Waals surface area contributed by atoms with Crippen molar-refractivity contribution in [2.75, 3.05) is 32.7 Å². The minimum Gasteiger partial charge on any atom is -0.336 e. The molecule has 1 amide bonds. The minimum atomic E-state index is -0.379. The van der Waals surface area contributed by atoms with E-state index < -0.39 is 0 Å². The number of fused-ring (bicyclic) bond motifs is 1. The van der Waals surface area contributed by atoms with E-state index in [1.54, 1.807) is 12.1 Å². The number of hydrogen-bond acceptors (Lipinski definition) is 5. The Morgan fingerprint density at radius 1 is 1.14 bits per heavy atom. The smallest absolute Gasteiger partial charge is 0.270 e. The summed E-state index contributed by atoms with van der Waals surface area (Å²) >= 11 is 0. The molecule has 0 aliphatic carbocycles. The molecule has 7 nitrogen and oxygen atoms in total. The molecule has 4 rings (SSSR count). The van der Waals surface area contributed by atoms with Gasteiger partial charge in [0.25, 0.3) is 5.69 Å². The first kappa shape index (κ1) is 18.6. The minimum absolute atomic E-state index is 0.0491. The van der Waals surface area contributed by atoms with Crippen LogP contribution in [0.1, 0.15) is 11.1 Å². The average molecular weight is 380 g/mol. The highest BCUT2D eigenvalue weighted by Crippen LogP contribution is 2.27. The van der Waals surface area contributed by atoms with Crippen LogP contribution in [0.4, 0.5) is 5.69 Å². The Bertz CT molecular complexity index is 914. The summed E-state index contributed by atoms with van der Waals surface area (Å²) in [4.78, 5) is 27.7. The van der Waals surface area contributed by atoms with E-state index in [4.69, 9.17) is 0 Å². The zero-order chi connectivity index (χ0) is 19.7. The lowest BCUT2D eigenvalue weighted by Crippen LogP contribution is -2.63. The molecule has 2 aliphatic rings. The topological polar surface area (TPSA) is 78.7 Å². The number of carbonyl (C=O) groups excluding carboxylic acids is 1. The number of benzene rings is 2. The number of rotatable bonds is 4. The third-order valence-corrected chi connectivity index (χ3v) is 5.70. The monoisotopic (exact) mass is 380 g/mol. The molecule has 2 aromatic rings. The van der Waals surface area contributed by atoms with Gasteiger partial charge < -0.3 is 10.2 Å². The Kier molecular flexibility index (Phi) is 5.11. The van der Waals surface area contributed by atoms with Crippen molar-refractivity contribution in [1.29, 1.82) is 0 Å². The second-order valence-electron chi connectivity index (χ2n) is 7.46. The molecule has 7 heteroatoms. The first-order valence-corrected chi connectivity index (χ1v) is 9.61. The molecule has 2 heterocycles. The van der Waals surface area contributed by atoms with E-state index in [2.05, 4.69) is 10.2 Å². The molecule has 0 bridgehead atoms. The van der Waals surface area contributed by atoms with Gasteiger partial charge >= 0.3 is 0 Å². The first-order chi connectivity index (χ1) is 13.5. The quantitative estimate of drug-likeness (QED) is 0.650. The third-order valence-electron chi connectivity index (χ3n) is 5.70. The summed E-state index contributed by atoms with van der Waals surface area (Å²) in [5.41, 5.74) is 4.05. The van der Waals surface area contributed by atoms with Crippen molar-refractivity contribution in [2.45, 2.75) is 19.5 Å². The fourth-order valence-electron chi connectivity index (χ4n) is 4.04. The molecule has 1 atom stereocenters. The van der Waals surface area contributed by atoms with Gasteiger partial charge in [0.15, 0.2) is 0 Å². The van der Waals surface area contributed by atoms with Crippen LogP contribution in [0, 0.1) is 17.0 Å². The number of amides is 1. The van der Waals surface area contributed by atoms with Crippen molar-refractivity contribution in [1.82, 2.24) is 15.1 Å². The number of piperazine rings is 2. The SMILES string of the molecule is Cc1cc(-c2cccc([N+](=O)[O-])c2)ccc1CN1CCN2CCNC[C@@H]2C1=O. The number of nitrogens with zero attached hydrogens (tertiary/aromatic N) is 3. The molecular formula is C21H24N4O3. The van der Waals surface area contributed by atoms with Crippen molar-refractivity contribution in [3.05, 3.63) is 63.7 Å². The number of nitro benzene ring substituents is 1. The number of aryl methyl sites for hydroxylation is 1. The standard InChI is InChI=1S/C21H24N4O3/c1-15-11-17(16-3-2-4-19(12-16)25(27)28)5-6-18(15)14-24-10-9-23-8-7-22-13-20(23)21(24)26/h2-6,11-12,20,22H,7-10,13-14H2,1H3/t20-/m1/s1. The maximum Gasteiger partial charge on any atom is 0.270 e. The molecule has 0 unspecified atom stereocenters. The largest absolute Gasteiger partial charge is 0.336 e. The number of hydrogen-bond donors (Lipinski definition) is 1. The van der Waals surface area contributed by atoms with Crippen LogP contribution < -0.4 is 5.32 Å². The maximum atomic E-state index is 12.8. The van der Waals surface area contributed by atoms with E-state index in [0.717, 1.165) is 55.0 Å². The molecule has 0 saturated carbocycles. The summed E-state index contributed by atoms with van der Waals surface area (Å²) < 4.78 is 0. The van der Waals surface area contributed by atoms with Crippen LogP contribution in [0.25, 0.3) is 11.1 Å². The van der Waals surface area contributed by atoms with E-state index >= 15 is 0 Å². The summed E-state index contributed by atoms with van der Waals surface area (Å²) in [6.07, 6.45) is 0. The number of carbonyl (C=O) groups is 1. The average Bonchev–Trinajstić information content (AvgIpc) is 2.71. The van der Waals surface area contributed by atoms with Gasteiger partial charge in [0, 0.05) is 51.4 Å². The highest BCUT2D eigenvalue weighted by Gasteiger charge is 2.35. The van der Waals surface area contributed by atoms with Crippen molar-refractivity contribution >= 4 is 11.6 Å². The van der Waals surface area contributed by atoms with Gasteiger partial charge in [0.2, 0.25) is 5.91 Å². The van der Waals surface area contributed by atoms with Crippen LogP contribution in [0.2, 0.25) is 0 Å². The summed E-state index contributed by atoms with van der Waals surface area (Å²) in [5, 5.41) is 14.3. The van der Waals surface area contributed by atoms with E-state index in [1.165, 1.54) is 6.07 Å². The molecule has 1 N–H and O–H groups in total. The summed E-state index contributed by atoms with van der Waals surface area (Å²) in [7, 11) is 0. The molecule has 2 aliphatic heterocycles. The molecule has 0 spiro atoms. The fraction of sp³-hybridized carbons (Fsp3) is 0.381. The lowest BCUT2D eigenvalue weighted by Gasteiger charge is -2.43. The molecule has 0 radical (unpaired) electrons. The third kappa shape index (κ3) is 3.63. The Labute approximate surface area is 164 Å². The molecule has 2 fully saturated rings. The molecule has 2 aromatic carbocycles. The first-order valence-electron chi connectivity index (χ1n) is 9.61. The van der Waals surface area contributed by atoms with Crippen LogP contribution in [-0.2, 0) is 11.3 Å². The van der Waals surface area contributed by atoms with Crippen molar-refractivity contribution in [2.24, 2.45) is 0 Å². The van der Waals surface area contributed by atoms with Crippen LogP contribution >= 0.6 is 0 Å². The van der Waals surface area contributed by atoms with Crippen molar-refractivity contribution in [3.63, 3.8) is 0 Å². The van der Waals surface area contributed by atoms with E-state index in [1.807, 2.05) is 36.1 Å². The lowest BCUT2D eigenvalue weighted by atomic mass is 9.98. The van der Waals surface area contributed by atoms with Crippen molar-refractivity contribution in [3.8, 4) is 11.1 Å². The Hall–Kier alpha value is -2.77. The van der Waals surface area contributed by atoms with Gasteiger partial charge in [-0.05, 0) is 29.2 Å². The summed E-state index contributed by atoms with van der Waals surface area (Å²) in [6, 6.07) is 12.7.